The number of benzene rings is 1. The molecule has 8 heteroatoms. The van der Waals surface area contributed by atoms with Crippen LogP contribution in [0.15, 0.2) is 30.6 Å². The number of fused-ring (bicyclic) bond motifs is 2. The van der Waals surface area contributed by atoms with E-state index < -0.39 is 0 Å². The van der Waals surface area contributed by atoms with Crippen molar-refractivity contribution in [1.82, 2.24) is 20.3 Å². The Morgan fingerprint density at radius 3 is 2.93 bits per heavy atom. The molecule has 1 saturated heterocycles. The van der Waals surface area contributed by atoms with Crippen molar-refractivity contribution < 1.29 is 9.53 Å². The Kier molecular flexibility index (Phi) is 4.44. The fourth-order valence-corrected chi connectivity index (χ4v) is 4.80. The van der Waals surface area contributed by atoms with Crippen LogP contribution >= 0.6 is 11.3 Å². The quantitative estimate of drug-likeness (QED) is 0.734. The van der Waals surface area contributed by atoms with Crippen molar-refractivity contribution in [3.63, 3.8) is 0 Å². The molecule has 144 valence electrons. The third-order valence-electron chi connectivity index (χ3n) is 5.36. The summed E-state index contributed by atoms with van der Waals surface area (Å²) >= 11 is 1.32. The largest absolute Gasteiger partial charge is 0.381 e. The maximum atomic E-state index is 12.7. The average Bonchev–Trinajstić information content (AvgIpc) is 3.29. The van der Waals surface area contributed by atoms with Crippen molar-refractivity contribution in [3.8, 4) is 0 Å². The van der Waals surface area contributed by atoms with E-state index >= 15 is 0 Å². The van der Waals surface area contributed by atoms with Gasteiger partial charge >= 0.3 is 0 Å². The Hall–Kier alpha value is -2.58. The van der Waals surface area contributed by atoms with Crippen molar-refractivity contribution in [2.24, 2.45) is 0 Å². The molecule has 0 radical (unpaired) electrons. The van der Waals surface area contributed by atoms with Crippen molar-refractivity contribution in [2.75, 3.05) is 18.1 Å². The van der Waals surface area contributed by atoms with Gasteiger partial charge in [0.05, 0.1) is 0 Å². The molecule has 1 aromatic carbocycles. The number of carbonyl (C=O) groups is 1. The van der Waals surface area contributed by atoms with Gasteiger partial charge in [-0.2, -0.15) is 0 Å². The first kappa shape index (κ1) is 17.5. The normalized spacial score (nSPS) is 19.8. The summed E-state index contributed by atoms with van der Waals surface area (Å²) in [5.41, 5.74) is 3.14. The van der Waals surface area contributed by atoms with Gasteiger partial charge in [0.1, 0.15) is 16.7 Å². The number of hydrogen-bond acceptors (Lipinski definition) is 7. The number of nitrogens with one attached hydrogen (secondary N) is 1. The second kappa shape index (κ2) is 7.10. The Morgan fingerprint density at radius 2 is 2.07 bits per heavy atom. The molecule has 0 spiro atoms. The molecule has 1 atom stereocenters. The Labute approximate surface area is 166 Å². The van der Waals surface area contributed by atoms with Crippen LogP contribution in [-0.4, -0.2) is 46.2 Å². The minimum absolute atomic E-state index is 0.143. The first-order valence-electron chi connectivity index (χ1n) is 9.58. The van der Waals surface area contributed by atoms with Crippen LogP contribution in [0.5, 0.6) is 0 Å². The maximum absolute atomic E-state index is 12.7. The van der Waals surface area contributed by atoms with Gasteiger partial charge in [-0.15, -0.1) is 0 Å². The van der Waals surface area contributed by atoms with E-state index in [1.165, 1.54) is 16.9 Å². The highest BCUT2D eigenvalue weighted by molar-refractivity contribution is 7.20. The zero-order valence-corrected chi connectivity index (χ0v) is 16.4. The lowest BCUT2D eigenvalue weighted by atomic mass is 10.1. The molecule has 0 aliphatic carbocycles. The Morgan fingerprint density at radius 1 is 1.25 bits per heavy atom. The lowest BCUT2D eigenvalue weighted by Crippen LogP contribution is -2.38. The molecule has 5 rings (SSSR count). The predicted octanol–water partition coefficient (Wildman–Crippen LogP) is 3.08. The van der Waals surface area contributed by atoms with Crippen LogP contribution in [0.3, 0.4) is 0 Å². The summed E-state index contributed by atoms with van der Waals surface area (Å²) in [6.45, 7) is 3.55. The van der Waals surface area contributed by atoms with E-state index in [1.807, 2.05) is 6.07 Å². The Bertz CT molecular complexity index is 1030. The van der Waals surface area contributed by atoms with Gasteiger partial charge in [-0.1, -0.05) is 29.5 Å². The zero-order chi connectivity index (χ0) is 19.1. The molecule has 2 aliphatic heterocycles. The highest BCUT2D eigenvalue weighted by Gasteiger charge is 2.30. The molecule has 2 aliphatic rings. The average molecular weight is 395 g/mol. The summed E-state index contributed by atoms with van der Waals surface area (Å²) in [4.78, 5) is 29.2. The number of amides is 1. The molecule has 28 heavy (non-hydrogen) atoms. The van der Waals surface area contributed by atoms with E-state index in [0.717, 1.165) is 35.6 Å². The smallest absolute Gasteiger partial charge is 0.280 e. The lowest BCUT2D eigenvalue weighted by Gasteiger charge is -2.23. The molecule has 1 unspecified atom stereocenters. The molecular weight excluding hydrogens is 374 g/mol. The number of anilines is 2. The summed E-state index contributed by atoms with van der Waals surface area (Å²) in [6.07, 6.45) is 4.19. The SMILES string of the molecule is CC1Cc2ccccc2N1c1ncnc2sc(C(=O)NC3CCOCC3)nc12. The topological polar surface area (TPSA) is 80.2 Å². The van der Waals surface area contributed by atoms with Crippen molar-refractivity contribution in [2.45, 2.75) is 38.3 Å². The minimum atomic E-state index is -0.143. The summed E-state index contributed by atoms with van der Waals surface area (Å²) in [5, 5.41) is 3.51. The summed E-state index contributed by atoms with van der Waals surface area (Å²) in [6, 6.07) is 8.78. The van der Waals surface area contributed by atoms with E-state index in [9.17, 15) is 4.79 Å². The summed E-state index contributed by atoms with van der Waals surface area (Å²) < 4.78 is 5.36. The monoisotopic (exact) mass is 395 g/mol. The molecule has 1 fully saturated rings. The Balaban J connectivity index is 1.49. The standard InChI is InChI=1S/C20H21N5O2S/c1-12-10-13-4-2-3-5-15(13)25(12)17-16-19(22-11-21-17)28-20(24-16)18(26)23-14-6-8-27-9-7-14/h2-5,11-12,14H,6-10H2,1H3,(H,23,26). The van der Waals surface area contributed by atoms with E-state index in [0.29, 0.717) is 23.7 Å². The van der Waals surface area contributed by atoms with Gasteiger partial charge in [-0.25, -0.2) is 15.0 Å². The lowest BCUT2D eigenvalue weighted by molar-refractivity contribution is 0.0696. The number of ether oxygens (including phenoxy) is 1. The highest BCUT2D eigenvalue weighted by Crippen LogP contribution is 2.40. The molecule has 0 saturated carbocycles. The van der Waals surface area contributed by atoms with E-state index in [1.54, 1.807) is 6.33 Å². The minimum Gasteiger partial charge on any atom is -0.381 e. The van der Waals surface area contributed by atoms with Crippen LogP contribution in [0, 0.1) is 0 Å². The van der Waals surface area contributed by atoms with Crippen molar-refractivity contribution in [3.05, 3.63) is 41.2 Å². The second-order valence-corrected chi connectivity index (χ2v) is 8.26. The second-order valence-electron chi connectivity index (χ2n) is 7.28. The van der Waals surface area contributed by atoms with Gasteiger partial charge in [0.2, 0.25) is 0 Å². The van der Waals surface area contributed by atoms with Gasteiger partial charge in [0, 0.05) is 31.0 Å². The number of aromatic nitrogens is 3. The van der Waals surface area contributed by atoms with Gasteiger partial charge in [-0.3, -0.25) is 4.79 Å². The summed E-state index contributed by atoms with van der Waals surface area (Å²) in [5.74, 6) is 0.625. The first-order chi connectivity index (χ1) is 13.7. The van der Waals surface area contributed by atoms with Gasteiger partial charge in [0.15, 0.2) is 10.8 Å². The zero-order valence-electron chi connectivity index (χ0n) is 15.6. The number of thiazole rings is 1. The van der Waals surface area contributed by atoms with Crippen molar-refractivity contribution >= 4 is 39.1 Å². The maximum Gasteiger partial charge on any atom is 0.280 e. The van der Waals surface area contributed by atoms with Crippen LogP contribution in [0.1, 0.15) is 35.1 Å². The van der Waals surface area contributed by atoms with Gasteiger partial charge in [-0.05, 0) is 37.8 Å². The first-order valence-corrected chi connectivity index (χ1v) is 10.4. The number of hydrogen-bond donors (Lipinski definition) is 1. The van der Waals surface area contributed by atoms with Gasteiger partial charge < -0.3 is 15.0 Å². The van der Waals surface area contributed by atoms with Gasteiger partial charge in [0.25, 0.3) is 5.91 Å². The third kappa shape index (κ3) is 3.02. The number of carbonyl (C=O) groups excluding carboxylic acids is 1. The van der Waals surface area contributed by atoms with E-state index in [4.69, 9.17) is 4.74 Å². The van der Waals surface area contributed by atoms with Crippen LogP contribution in [0.2, 0.25) is 0 Å². The van der Waals surface area contributed by atoms with E-state index in [-0.39, 0.29) is 18.0 Å². The van der Waals surface area contributed by atoms with Crippen LogP contribution in [-0.2, 0) is 11.2 Å². The molecule has 1 N–H and O–H groups in total. The number of rotatable bonds is 3. The van der Waals surface area contributed by atoms with Crippen molar-refractivity contribution in [1.29, 1.82) is 0 Å². The van der Waals surface area contributed by atoms with Crippen LogP contribution in [0.4, 0.5) is 11.5 Å². The fourth-order valence-electron chi connectivity index (χ4n) is 3.99. The molecule has 3 aromatic rings. The molecular formula is C20H21N5O2S. The number of para-hydroxylation sites is 1. The van der Waals surface area contributed by atoms with Crippen LogP contribution in [0.25, 0.3) is 10.3 Å². The third-order valence-corrected chi connectivity index (χ3v) is 6.32. The highest BCUT2D eigenvalue weighted by atomic mass is 32.1. The predicted molar refractivity (Wildman–Crippen MR) is 108 cm³/mol. The fraction of sp³-hybridized carbons (Fsp3) is 0.400. The molecule has 0 bridgehead atoms. The van der Waals surface area contributed by atoms with Crippen LogP contribution < -0.4 is 10.2 Å². The van der Waals surface area contributed by atoms with E-state index in [2.05, 4.69) is 50.3 Å². The molecule has 1 amide bonds. The summed E-state index contributed by atoms with van der Waals surface area (Å²) in [7, 11) is 0. The molecule has 4 heterocycles. The molecule has 7 nitrogen and oxygen atoms in total. The number of nitrogens with zero attached hydrogens (tertiary/aromatic N) is 4. The molecule has 2 aromatic heterocycles.